The van der Waals surface area contributed by atoms with Crippen LogP contribution in [0.15, 0.2) is 72.8 Å². The Balaban J connectivity index is 2.25. The first-order valence-corrected chi connectivity index (χ1v) is 15.0. The molecule has 0 amide bonds. The van der Waals surface area contributed by atoms with Crippen LogP contribution in [0.5, 0.6) is 0 Å². The van der Waals surface area contributed by atoms with Crippen molar-refractivity contribution in [1.29, 1.82) is 0 Å². The van der Waals surface area contributed by atoms with Crippen molar-refractivity contribution < 1.29 is 0 Å². The van der Waals surface area contributed by atoms with E-state index in [9.17, 15) is 0 Å². The zero-order valence-corrected chi connectivity index (χ0v) is 22.9. The van der Waals surface area contributed by atoms with Gasteiger partial charge in [-0.2, -0.15) is 0 Å². The summed E-state index contributed by atoms with van der Waals surface area (Å²) in [7, 11) is -0.472. The molecule has 3 aromatic rings. The van der Waals surface area contributed by atoms with Crippen LogP contribution >= 0.6 is 15.8 Å². The first-order chi connectivity index (χ1) is 15.2. The van der Waals surface area contributed by atoms with Crippen LogP contribution in [0.25, 0.3) is 22.3 Å². The molecule has 0 unspecified atom stereocenters. The molecule has 0 saturated heterocycles. The van der Waals surface area contributed by atoms with E-state index in [0.29, 0.717) is 22.6 Å². The Labute approximate surface area is 199 Å². The summed E-state index contributed by atoms with van der Waals surface area (Å²) in [5.41, 5.74) is 8.27. The lowest BCUT2D eigenvalue weighted by Crippen LogP contribution is -2.18. The van der Waals surface area contributed by atoms with Gasteiger partial charge in [0.05, 0.1) is 0 Å². The van der Waals surface area contributed by atoms with E-state index in [0.717, 1.165) is 0 Å². The number of benzene rings is 3. The van der Waals surface area contributed by atoms with E-state index in [-0.39, 0.29) is 15.8 Å². The summed E-state index contributed by atoms with van der Waals surface area (Å²) in [6.07, 6.45) is 0. The maximum atomic E-state index is 2.39. The molecule has 0 nitrogen and oxygen atoms in total. The van der Waals surface area contributed by atoms with Crippen molar-refractivity contribution in [3.05, 3.63) is 72.8 Å². The predicted molar refractivity (Wildman–Crippen MR) is 151 cm³/mol. The summed E-state index contributed by atoms with van der Waals surface area (Å²) in [5.74, 6) is 0. The van der Waals surface area contributed by atoms with E-state index in [4.69, 9.17) is 0 Å². The van der Waals surface area contributed by atoms with E-state index in [2.05, 4.69) is 128 Å². The maximum Gasteiger partial charge on any atom is -0.00988 e. The molecule has 0 aromatic heterocycles. The van der Waals surface area contributed by atoms with E-state index in [1.54, 1.807) is 10.6 Å². The second-order valence-electron chi connectivity index (χ2n) is 9.77. The summed E-state index contributed by atoms with van der Waals surface area (Å²) in [5, 5.41) is 3.10. The Morgan fingerprint density at radius 1 is 0.375 bits per heavy atom. The third-order valence-corrected chi connectivity index (χ3v) is 12.4. The van der Waals surface area contributed by atoms with Crippen LogP contribution < -0.4 is 10.6 Å². The zero-order valence-electron chi connectivity index (χ0n) is 21.1. The summed E-state index contributed by atoms with van der Waals surface area (Å²) < 4.78 is 0. The normalized spacial score (nSPS) is 12.2. The lowest BCUT2D eigenvalue weighted by atomic mass is 9.94. The van der Waals surface area contributed by atoms with Crippen molar-refractivity contribution in [3.63, 3.8) is 0 Å². The van der Waals surface area contributed by atoms with Crippen LogP contribution in [0.3, 0.4) is 0 Å². The van der Waals surface area contributed by atoms with Crippen molar-refractivity contribution in [2.75, 3.05) is 0 Å². The van der Waals surface area contributed by atoms with Gasteiger partial charge < -0.3 is 0 Å². The van der Waals surface area contributed by atoms with Crippen LogP contribution in [0.2, 0.25) is 0 Å². The van der Waals surface area contributed by atoms with E-state index < -0.39 is 0 Å². The molecular weight excluding hydrogens is 422 g/mol. The molecular formula is C30H40P2. The summed E-state index contributed by atoms with van der Waals surface area (Å²) in [6.45, 7) is 19.1. The predicted octanol–water partition coefficient (Wildman–Crippen LogP) is 8.87. The van der Waals surface area contributed by atoms with Crippen LogP contribution in [-0.2, 0) is 0 Å². The van der Waals surface area contributed by atoms with E-state index in [1.165, 1.54) is 22.3 Å². The molecule has 0 N–H and O–H groups in total. The Bertz CT molecular complexity index is 918. The Morgan fingerprint density at radius 2 is 0.625 bits per heavy atom. The fraction of sp³-hybridized carbons (Fsp3) is 0.400. The minimum absolute atomic E-state index is 0.236. The van der Waals surface area contributed by atoms with Gasteiger partial charge in [-0.3, -0.25) is 0 Å². The third kappa shape index (κ3) is 5.35. The fourth-order valence-corrected chi connectivity index (χ4v) is 11.2. The molecule has 0 aliphatic heterocycles. The van der Waals surface area contributed by atoms with Gasteiger partial charge in [0.1, 0.15) is 0 Å². The molecule has 3 rings (SSSR count). The van der Waals surface area contributed by atoms with E-state index >= 15 is 0 Å². The van der Waals surface area contributed by atoms with Crippen molar-refractivity contribution in [3.8, 4) is 22.3 Å². The van der Waals surface area contributed by atoms with Gasteiger partial charge in [-0.25, -0.2) is 0 Å². The van der Waals surface area contributed by atoms with Gasteiger partial charge in [-0.05, 0) is 55.5 Å². The fourth-order valence-electron chi connectivity index (χ4n) is 5.11. The van der Waals surface area contributed by atoms with Gasteiger partial charge in [0.15, 0.2) is 0 Å². The second kappa shape index (κ2) is 11.1. The topological polar surface area (TPSA) is 0 Å². The Kier molecular flexibility index (Phi) is 8.72. The summed E-state index contributed by atoms with van der Waals surface area (Å²) in [4.78, 5) is 0. The van der Waals surface area contributed by atoms with Crippen molar-refractivity contribution in [1.82, 2.24) is 0 Å². The van der Waals surface area contributed by atoms with Gasteiger partial charge in [-0.15, -0.1) is 0 Å². The van der Waals surface area contributed by atoms with Crippen molar-refractivity contribution in [2.45, 2.75) is 78.0 Å². The third-order valence-electron chi connectivity index (χ3n) is 6.10. The maximum absolute atomic E-state index is 2.39. The molecule has 2 heteroatoms. The highest BCUT2D eigenvalue weighted by molar-refractivity contribution is 7.67. The largest absolute Gasteiger partial charge is 0.0694 e. The van der Waals surface area contributed by atoms with Crippen LogP contribution in [-0.4, -0.2) is 22.6 Å². The molecule has 3 aromatic carbocycles. The van der Waals surface area contributed by atoms with Crippen LogP contribution in [0.1, 0.15) is 55.4 Å². The molecule has 0 fully saturated rings. The molecule has 0 spiro atoms. The first-order valence-electron chi connectivity index (χ1n) is 12.1. The minimum Gasteiger partial charge on any atom is -0.0694 e. The van der Waals surface area contributed by atoms with Crippen molar-refractivity contribution >= 4 is 26.5 Å². The Hall–Kier alpha value is -1.48. The molecule has 170 valence electrons. The lowest BCUT2D eigenvalue weighted by Gasteiger charge is -2.30. The molecule has 0 atom stereocenters. The number of hydrogen-bond donors (Lipinski definition) is 0. The highest BCUT2D eigenvalue weighted by Gasteiger charge is 2.25. The van der Waals surface area contributed by atoms with Gasteiger partial charge in [0, 0.05) is 0 Å². The highest BCUT2D eigenvalue weighted by Crippen LogP contribution is 2.50. The highest BCUT2D eigenvalue weighted by atomic mass is 31.1. The number of hydrogen-bond acceptors (Lipinski definition) is 0. The van der Waals surface area contributed by atoms with Gasteiger partial charge >= 0.3 is 0 Å². The van der Waals surface area contributed by atoms with Crippen molar-refractivity contribution in [2.24, 2.45) is 0 Å². The van der Waals surface area contributed by atoms with Crippen LogP contribution in [0.4, 0.5) is 0 Å². The molecule has 0 saturated carbocycles. The molecule has 0 heterocycles. The zero-order chi connectivity index (χ0) is 23.4. The minimum atomic E-state index is -0.236. The molecule has 0 bridgehead atoms. The molecule has 0 aliphatic carbocycles. The summed E-state index contributed by atoms with van der Waals surface area (Å²) >= 11 is 0. The quantitative estimate of drug-likeness (QED) is 0.293. The Morgan fingerprint density at radius 3 is 0.906 bits per heavy atom. The standard InChI is InChI=1S/C30H40P2/c1-21(2)31(22(3)4)29-19-13-11-17-27(29)25-15-9-10-16-26(25)28-18-12-14-20-30(28)32(23(5)6)24(7)8/h9-24H,1-8H3. The van der Waals surface area contributed by atoms with Gasteiger partial charge in [0.2, 0.25) is 0 Å². The SMILES string of the molecule is CC(C)P(c1ccccc1-c1ccccc1-c1ccccc1P(C(C)C)C(C)C)C(C)C. The molecule has 0 aliphatic rings. The van der Waals surface area contributed by atoms with Gasteiger partial charge in [-0.1, -0.05) is 144 Å². The smallest absolute Gasteiger partial charge is 0.00988 e. The van der Waals surface area contributed by atoms with Gasteiger partial charge in [0.25, 0.3) is 0 Å². The van der Waals surface area contributed by atoms with E-state index in [1.807, 2.05) is 0 Å². The molecule has 0 radical (unpaired) electrons. The molecule has 32 heavy (non-hydrogen) atoms. The van der Waals surface area contributed by atoms with Crippen LogP contribution in [0, 0.1) is 0 Å². The average Bonchev–Trinajstić information content (AvgIpc) is 2.74. The second-order valence-corrected chi connectivity index (χ2v) is 16.5. The summed E-state index contributed by atoms with van der Waals surface area (Å²) in [6, 6.07) is 27.5. The first kappa shape index (κ1) is 25.1. The number of rotatable bonds is 8. The monoisotopic (exact) mass is 462 g/mol. The average molecular weight is 463 g/mol. The lowest BCUT2D eigenvalue weighted by molar-refractivity contribution is 1.02.